The van der Waals surface area contributed by atoms with Crippen molar-refractivity contribution in [2.75, 3.05) is 6.54 Å². The van der Waals surface area contributed by atoms with E-state index in [1.54, 1.807) is 13.1 Å². The minimum absolute atomic E-state index is 0.302. The Labute approximate surface area is 92.4 Å². The highest BCUT2D eigenvalue weighted by molar-refractivity contribution is 9.10. The van der Waals surface area contributed by atoms with E-state index < -0.39 is 0 Å². The summed E-state index contributed by atoms with van der Waals surface area (Å²) in [5, 5.41) is 16.4. The van der Waals surface area contributed by atoms with Gasteiger partial charge in [-0.05, 0) is 29.8 Å². The minimum Gasteiger partial charge on any atom is -0.392 e. The zero-order chi connectivity index (χ0) is 10.6. The van der Waals surface area contributed by atoms with E-state index in [1.807, 2.05) is 10.9 Å². The van der Waals surface area contributed by atoms with Crippen LogP contribution < -0.4 is 5.32 Å². The maximum Gasteiger partial charge on any atom is 0.0636 e. The molecule has 1 heterocycles. The molecule has 0 saturated carbocycles. The van der Waals surface area contributed by atoms with Gasteiger partial charge < -0.3 is 10.4 Å². The number of nitrogens with one attached hydrogen (secondary N) is 1. The predicted molar refractivity (Wildman–Crippen MR) is 59.1 cm³/mol. The maximum absolute atomic E-state index is 9.08. The Hall–Kier alpha value is -0.390. The van der Waals surface area contributed by atoms with Crippen LogP contribution in [-0.4, -0.2) is 33.6 Å². The maximum atomic E-state index is 9.08. The molecule has 14 heavy (non-hydrogen) atoms. The molecule has 2 atom stereocenters. The average molecular weight is 262 g/mol. The van der Waals surface area contributed by atoms with Crippen LogP contribution in [0.3, 0.4) is 0 Å². The molecule has 0 aliphatic rings. The molecule has 2 N–H and O–H groups in total. The molecule has 0 aliphatic heterocycles. The van der Waals surface area contributed by atoms with Gasteiger partial charge in [0.1, 0.15) is 0 Å². The molecule has 4 nitrogen and oxygen atoms in total. The molecule has 5 heteroatoms. The number of aliphatic hydroxyl groups excluding tert-OH is 1. The first kappa shape index (κ1) is 11.7. The fraction of sp³-hybridized carbons (Fsp3) is 0.667. The first-order valence-corrected chi connectivity index (χ1v) is 5.46. The lowest BCUT2D eigenvalue weighted by atomic mass is 10.3. The number of hydrogen-bond donors (Lipinski definition) is 2. The van der Waals surface area contributed by atoms with Crippen LogP contribution in [0.15, 0.2) is 16.9 Å². The molecule has 0 aromatic carbocycles. The van der Waals surface area contributed by atoms with E-state index in [0.717, 1.165) is 11.0 Å². The van der Waals surface area contributed by atoms with Crippen LogP contribution in [0.25, 0.3) is 0 Å². The van der Waals surface area contributed by atoms with Gasteiger partial charge in [0.15, 0.2) is 0 Å². The van der Waals surface area contributed by atoms with Gasteiger partial charge in [-0.1, -0.05) is 0 Å². The van der Waals surface area contributed by atoms with Gasteiger partial charge in [-0.3, -0.25) is 4.68 Å². The Bertz CT molecular complexity index is 275. The van der Waals surface area contributed by atoms with Crippen molar-refractivity contribution >= 4 is 15.9 Å². The molecule has 0 fully saturated rings. The molecule has 0 spiro atoms. The molecular formula is C9H16BrN3O. The summed E-state index contributed by atoms with van der Waals surface area (Å²) in [4.78, 5) is 0. The lowest BCUT2D eigenvalue weighted by Gasteiger charge is -2.14. The highest BCUT2D eigenvalue weighted by atomic mass is 79.9. The standard InChI is InChI=1S/C9H16BrN3O/c1-7(11-3-8(2)14)5-13-6-9(10)4-12-13/h4,6-8,11,14H,3,5H2,1-2H3. The van der Waals surface area contributed by atoms with Crippen molar-refractivity contribution in [3.63, 3.8) is 0 Å². The molecule has 0 aliphatic carbocycles. The second-order valence-corrected chi connectivity index (χ2v) is 4.45. The van der Waals surface area contributed by atoms with Crippen LogP contribution in [0.4, 0.5) is 0 Å². The number of aliphatic hydroxyl groups is 1. The van der Waals surface area contributed by atoms with E-state index in [0.29, 0.717) is 12.6 Å². The summed E-state index contributed by atoms with van der Waals surface area (Å²) in [7, 11) is 0. The molecule has 2 unspecified atom stereocenters. The summed E-state index contributed by atoms with van der Waals surface area (Å²) < 4.78 is 2.85. The monoisotopic (exact) mass is 261 g/mol. The van der Waals surface area contributed by atoms with Gasteiger partial charge in [0.2, 0.25) is 0 Å². The fourth-order valence-corrected chi connectivity index (χ4v) is 1.48. The molecular weight excluding hydrogens is 246 g/mol. The summed E-state index contributed by atoms with van der Waals surface area (Å²) >= 11 is 3.34. The Morgan fingerprint density at radius 3 is 2.86 bits per heavy atom. The quantitative estimate of drug-likeness (QED) is 0.832. The second-order valence-electron chi connectivity index (χ2n) is 3.54. The minimum atomic E-state index is -0.304. The Morgan fingerprint density at radius 1 is 1.64 bits per heavy atom. The van der Waals surface area contributed by atoms with E-state index in [1.165, 1.54) is 0 Å². The van der Waals surface area contributed by atoms with Crippen molar-refractivity contribution in [1.29, 1.82) is 0 Å². The number of nitrogens with zero attached hydrogens (tertiary/aromatic N) is 2. The highest BCUT2D eigenvalue weighted by Crippen LogP contribution is 2.06. The number of rotatable bonds is 5. The van der Waals surface area contributed by atoms with E-state index in [4.69, 9.17) is 5.11 Å². The van der Waals surface area contributed by atoms with E-state index in [2.05, 4.69) is 33.3 Å². The first-order chi connectivity index (χ1) is 6.58. The first-order valence-electron chi connectivity index (χ1n) is 4.67. The van der Waals surface area contributed by atoms with Crippen LogP contribution in [-0.2, 0) is 6.54 Å². The number of hydrogen-bond acceptors (Lipinski definition) is 3. The third-order valence-electron chi connectivity index (χ3n) is 1.82. The molecule has 80 valence electrons. The summed E-state index contributed by atoms with van der Waals surface area (Å²) in [6, 6.07) is 0.302. The van der Waals surface area contributed by atoms with Gasteiger partial charge in [-0.15, -0.1) is 0 Å². The van der Waals surface area contributed by atoms with Gasteiger partial charge in [-0.2, -0.15) is 5.10 Å². The fourth-order valence-electron chi connectivity index (χ4n) is 1.16. The Balaban J connectivity index is 2.30. The van der Waals surface area contributed by atoms with Crippen LogP contribution in [0.1, 0.15) is 13.8 Å². The molecule has 1 aromatic rings. The van der Waals surface area contributed by atoms with Crippen LogP contribution in [0, 0.1) is 0 Å². The summed E-state index contributed by atoms with van der Waals surface area (Å²) in [6.45, 7) is 5.25. The van der Waals surface area contributed by atoms with Crippen LogP contribution in [0.2, 0.25) is 0 Å². The zero-order valence-electron chi connectivity index (χ0n) is 8.44. The van der Waals surface area contributed by atoms with Crippen molar-refractivity contribution < 1.29 is 5.11 Å². The Kier molecular flexibility index (Phi) is 4.57. The normalized spacial score (nSPS) is 15.4. The molecule has 0 radical (unpaired) electrons. The summed E-state index contributed by atoms with van der Waals surface area (Å²) in [5.74, 6) is 0. The van der Waals surface area contributed by atoms with E-state index in [-0.39, 0.29) is 6.10 Å². The van der Waals surface area contributed by atoms with Gasteiger partial charge in [0.25, 0.3) is 0 Å². The third kappa shape index (κ3) is 4.21. The van der Waals surface area contributed by atoms with Gasteiger partial charge in [-0.25, -0.2) is 0 Å². The van der Waals surface area contributed by atoms with Gasteiger partial charge in [0.05, 0.1) is 23.3 Å². The van der Waals surface area contributed by atoms with Crippen molar-refractivity contribution in [1.82, 2.24) is 15.1 Å². The molecule has 1 rings (SSSR count). The zero-order valence-corrected chi connectivity index (χ0v) is 10.0. The smallest absolute Gasteiger partial charge is 0.0636 e. The third-order valence-corrected chi connectivity index (χ3v) is 2.23. The lowest BCUT2D eigenvalue weighted by molar-refractivity contribution is 0.185. The topological polar surface area (TPSA) is 50.1 Å². The predicted octanol–water partition coefficient (Wildman–Crippen LogP) is 1.00. The van der Waals surface area contributed by atoms with Gasteiger partial charge >= 0.3 is 0 Å². The average Bonchev–Trinajstić information content (AvgIpc) is 2.48. The molecule has 0 saturated heterocycles. The molecule has 0 amide bonds. The van der Waals surface area contributed by atoms with Crippen molar-refractivity contribution in [2.24, 2.45) is 0 Å². The van der Waals surface area contributed by atoms with E-state index >= 15 is 0 Å². The molecule has 0 bridgehead atoms. The van der Waals surface area contributed by atoms with Crippen LogP contribution >= 0.6 is 15.9 Å². The highest BCUT2D eigenvalue weighted by Gasteiger charge is 2.04. The number of aromatic nitrogens is 2. The van der Waals surface area contributed by atoms with Crippen molar-refractivity contribution in [2.45, 2.75) is 32.5 Å². The molecule has 1 aromatic heterocycles. The Morgan fingerprint density at radius 2 is 2.36 bits per heavy atom. The van der Waals surface area contributed by atoms with Crippen molar-refractivity contribution in [3.8, 4) is 0 Å². The van der Waals surface area contributed by atoms with E-state index in [9.17, 15) is 0 Å². The number of halogens is 1. The summed E-state index contributed by atoms with van der Waals surface area (Å²) in [6.07, 6.45) is 3.39. The second kappa shape index (κ2) is 5.48. The summed E-state index contributed by atoms with van der Waals surface area (Å²) in [5.41, 5.74) is 0. The SMILES string of the molecule is CC(O)CNC(C)Cn1cc(Br)cn1. The van der Waals surface area contributed by atoms with Crippen LogP contribution in [0.5, 0.6) is 0 Å². The van der Waals surface area contributed by atoms with Gasteiger partial charge in [0, 0.05) is 18.8 Å². The lowest BCUT2D eigenvalue weighted by Crippen LogP contribution is -2.35. The largest absolute Gasteiger partial charge is 0.392 e. The van der Waals surface area contributed by atoms with Crippen molar-refractivity contribution in [3.05, 3.63) is 16.9 Å².